The molecular weight excluding hydrogens is 248 g/mol. The van der Waals surface area contributed by atoms with E-state index < -0.39 is 0 Å². The van der Waals surface area contributed by atoms with E-state index >= 15 is 0 Å². The van der Waals surface area contributed by atoms with E-state index in [1.165, 1.54) is 5.56 Å². The van der Waals surface area contributed by atoms with Crippen LogP contribution in [-0.2, 0) is 4.79 Å². The van der Waals surface area contributed by atoms with Gasteiger partial charge in [0.15, 0.2) is 0 Å². The summed E-state index contributed by atoms with van der Waals surface area (Å²) >= 11 is 0. The van der Waals surface area contributed by atoms with Crippen molar-refractivity contribution >= 4 is 18.3 Å². The van der Waals surface area contributed by atoms with Gasteiger partial charge < -0.3 is 10.6 Å². The lowest BCUT2D eigenvalue weighted by molar-refractivity contribution is -0.122. The Labute approximate surface area is 115 Å². The molecule has 0 radical (unpaired) electrons. The van der Waals surface area contributed by atoms with Gasteiger partial charge in [0.25, 0.3) is 0 Å². The van der Waals surface area contributed by atoms with Crippen LogP contribution in [0.4, 0.5) is 0 Å². The zero-order chi connectivity index (χ0) is 12.3. The topological polar surface area (TPSA) is 41.1 Å². The van der Waals surface area contributed by atoms with Crippen molar-refractivity contribution in [3.8, 4) is 0 Å². The van der Waals surface area contributed by atoms with Gasteiger partial charge in [0, 0.05) is 25.6 Å². The van der Waals surface area contributed by atoms with Crippen LogP contribution < -0.4 is 10.6 Å². The first kappa shape index (κ1) is 15.0. The molecule has 2 rings (SSSR count). The predicted octanol–water partition coefficient (Wildman–Crippen LogP) is 1.86. The van der Waals surface area contributed by atoms with Crippen molar-refractivity contribution in [1.82, 2.24) is 10.6 Å². The lowest BCUT2D eigenvalue weighted by Crippen LogP contribution is -2.48. The van der Waals surface area contributed by atoms with Crippen molar-refractivity contribution in [2.24, 2.45) is 5.92 Å². The molecule has 0 aromatic heterocycles. The monoisotopic (exact) mass is 268 g/mol. The first-order chi connectivity index (χ1) is 8.16. The third-order valence-electron chi connectivity index (χ3n) is 3.37. The molecule has 1 saturated heterocycles. The van der Waals surface area contributed by atoms with E-state index in [9.17, 15) is 4.79 Å². The highest BCUT2D eigenvalue weighted by molar-refractivity contribution is 5.85. The number of carbonyl (C=O) groups excluding carboxylic acids is 1. The number of carbonyl (C=O) groups is 1. The number of amides is 1. The summed E-state index contributed by atoms with van der Waals surface area (Å²) in [5.74, 6) is 0.675. The molecular formula is C14H21ClN2O. The second-order valence-electron chi connectivity index (χ2n) is 4.91. The van der Waals surface area contributed by atoms with Gasteiger partial charge in [-0.3, -0.25) is 4.79 Å². The van der Waals surface area contributed by atoms with Gasteiger partial charge in [0.05, 0.1) is 5.92 Å². The standard InChI is InChI=1S/C14H20N2O.ClH/c1-10-4-3-5-13(6-10)11(2)14(17)16-9-12-7-15-8-12;/h3-6,11-12,15H,7-9H2,1-2H3,(H,16,17);1H. The fraction of sp³-hybridized carbons (Fsp3) is 0.500. The first-order valence-electron chi connectivity index (χ1n) is 6.22. The second-order valence-corrected chi connectivity index (χ2v) is 4.91. The summed E-state index contributed by atoms with van der Waals surface area (Å²) in [6.45, 7) is 6.86. The molecule has 1 fully saturated rings. The highest BCUT2D eigenvalue weighted by Crippen LogP contribution is 2.16. The third kappa shape index (κ3) is 3.72. The molecule has 100 valence electrons. The Hall–Kier alpha value is -1.06. The maximum Gasteiger partial charge on any atom is 0.227 e. The molecule has 0 spiro atoms. The summed E-state index contributed by atoms with van der Waals surface area (Å²) in [7, 11) is 0. The Bertz CT molecular complexity index is 405. The average molecular weight is 269 g/mol. The van der Waals surface area contributed by atoms with Crippen LogP contribution in [-0.4, -0.2) is 25.5 Å². The van der Waals surface area contributed by atoms with E-state index in [2.05, 4.69) is 16.7 Å². The minimum absolute atomic E-state index is 0. The summed E-state index contributed by atoms with van der Waals surface area (Å²) in [6.07, 6.45) is 0. The second kappa shape index (κ2) is 6.76. The molecule has 3 nitrogen and oxygen atoms in total. The number of aryl methyl sites for hydroxylation is 1. The van der Waals surface area contributed by atoms with Gasteiger partial charge in [0.1, 0.15) is 0 Å². The molecule has 0 aliphatic carbocycles. The van der Waals surface area contributed by atoms with Crippen molar-refractivity contribution < 1.29 is 4.79 Å². The fourth-order valence-corrected chi connectivity index (χ4v) is 1.98. The zero-order valence-electron chi connectivity index (χ0n) is 10.9. The van der Waals surface area contributed by atoms with Crippen LogP contribution in [0.5, 0.6) is 0 Å². The number of nitrogens with one attached hydrogen (secondary N) is 2. The summed E-state index contributed by atoms with van der Waals surface area (Å²) in [4.78, 5) is 12.0. The maximum absolute atomic E-state index is 12.0. The van der Waals surface area contributed by atoms with E-state index in [-0.39, 0.29) is 24.2 Å². The predicted molar refractivity (Wildman–Crippen MR) is 76.2 cm³/mol. The van der Waals surface area contributed by atoms with Crippen molar-refractivity contribution in [1.29, 1.82) is 0 Å². The van der Waals surface area contributed by atoms with Crippen LogP contribution in [0.15, 0.2) is 24.3 Å². The van der Waals surface area contributed by atoms with Gasteiger partial charge >= 0.3 is 0 Å². The lowest BCUT2D eigenvalue weighted by atomic mass is 9.98. The molecule has 0 saturated carbocycles. The number of benzene rings is 1. The molecule has 2 N–H and O–H groups in total. The molecule has 1 amide bonds. The van der Waals surface area contributed by atoms with Crippen LogP contribution in [0.2, 0.25) is 0 Å². The molecule has 1 aliphatic heterocycles. The van der Waals surface area contributed by atoms with Crippen LogP contribution in [0.3, 0.4) is 0 Å². The first-order valence-corrected chi connectivity index (χ1v) is 6.22. The quantitative estimate of drug-likeness (QED) is 0.875. The van der Waals surface area contributed by atoms with Crippen LogP contribution >= 0.6 is 12.4 Å². The lowest BCUT2D eigenvalue weighted by Gasteiger charge is -2.27. The molecule has 4 heteroatoms. The molecule has 18 heavy (non-hydrogen) atoms. The normalized spacial score (nSPS) is 16.3. The number of hydrogen-bond donors (Lipinski definition) is 2. The van der Waals surface area contributed by atoms with Crippen molar-refractivity contribution in [3.05, 3.63) is 35.4 Å². The number of halogens is 1. The molecule has 1 aliphatic rings. The van der Waals surface area contributed by atoms with E-state index in [1.807, 2.05) is 32.0 Å². The van der Waals surface area contributed by atoms with E-state index in [4.69, 9.17) is 0 Å². The van der Waals surface area contributed by atoms with Gasteiger partial charge in [-0.2, -0.15) is 0 Å². The van der Waals surface area contributed by atoms with Gasteiger partial charge in [-0.25, -0.2) is 0 Å². The maximum atomic E-state index is 12.0. The smallest absolute Gasteiger partial charge is 0.227 e. The van der Waals surface area contributed by atoms with E-state index in [0.717, 1.165) is 25.2 Å². The highest BCUT2D eigenvalue weighted by atomic mass is 35.5. The minimum Gasteiger partial charge on any atom is -0.355 e. The summed E-state index contributed by atoms with van der Waals surface area (Å²) in [5.41, 5.74) is 2.29. The minimum atomic E-state index is -0.0667. The molecule has 1 heterocycles. The van der Waals surface area contributed by atoms with Gasteiger partial charge in [0.2, 0.25) is 5.91 Å². The summed E-state index contributed by atoms with van der Waals surface area (Å²) in [6, 6.07) is 8.15. The third-order valence-corrected chi connectivity index (χ3v) is 3.37. The number of rotatable bonds is 4. The van der Waals surface area contributed by atoms with Crippen molar-refractivity contribution in [3.63, 3.8) is 0 Å². The SMILES string of the molecule is Cc1cccc(C(C)C(=O)NCC2CNC2)c1.Cl. The van der Waals surface area contributed by atoms with Crippen molar-refractivity contribution in [2.75, 3.05) is 19.6 Å². The summed E-state index contributed by atoms with van der Waals surface area (Å²) < 4.78 is 0. The Kier molecular flexibility index (Phi) is 5.63. The molecule has 1 unspecified atom stereocenters. The Balaban J connectivity index is 0.00000162. The fourth-order valence-electron chi connectivity index (χ4n) is 1.98. The van der Waals surface area contributed by atoms with Crippen molar-refractivity contribution in [2.45, 2.75) is 19.8 Å². The van der Waals surface area contributed by atoms with E-state index in [0.29, 0.717) is 5.92 Å². The summed E-state index contributed by atoms with van der Waals surface area (Å²) in [5, 5.41) is 6.23. The highest BCUT2D eigenvalue weighted by Gasteiger charge is 2.20. The van der Waals surface area contributed by atoms with Crippen LogP contribution in [0, 0.1) is 12.8 Å². The van der Waals surface area contributed by atoms with Crippen LogP contribution in [0.1, 0.15) is 24.0 Å². The Morgan fingerprint density at radius 3 is 2.78 bits per heavy atom. The van der Waals surface area contributed by atoms with E-state index in [1.54, 1.807) is 0 Å². The molecule has 1 aromatic rings. The molecule has 0 bridgehead atoms. The number of hydrogen-bond acceptors (Lipinski definition) is 2. The zero-order valence-corrected chi connectivity index (χ0v) is 11.7. The largest absolute Gasteiger partial charge is 0.355 e. The Morgan fingerprint density at radius 1 is 1.50 bits per heavy atom. The van der Waals surface area contributed by atoms with Crippen LogP contribution in [0.25, 0.3) is 0 Å². The van der Waals surface area contributed by atoms with Gasteiger partial charge in [-0.1, -0.05) is 29.8 Å². The Morgan fingerprint density at radius 2 is 2.22 bits per heavy atom. The average Bonchev–Trinajstić information content (AvgIpc) is 2.25. The molecule has 1 atom stereocenters. The van der Waals surface area contributed by atoms with Gasteiger partial charge in [-0.05, 0) is 19.4 Å². The molecule has 1 aromatic carbocycles. The van der Waals surface area contributed by atoms with Gasteiger partial charge in [-0.15, -0.1) is 12.4 Å².